The first-order chi connectivity index (χ1) is 11.5. The summed E-state index contributed by atoms with van der Waals surface area (Å²) in [6, 6.07) is 0. The van der Waals surface area contributed by atoms with E-state index in [-0.39, 0.29) is 11.5 Å². The highest BCUT2D eigenvalue weighted by Crippen LogP contribution is 2.60. The van der Waals surface area contributed by atoms with Gasteiger partial charge in [0.1, 0.15) is 0 Å². The van der Waals surface area contributed by atoms with Crippen LogP contribution in [-0.4, -0.2) is 49.7 Å². The Bertz CT molecular complexity index is 441. The van der Waals surface area contributed by atoms with E-state index in [2.05, 4.69) is 24.1 Å². The molecule has 4 saturated carbocycles. The molecule has 1 aliphatic heterocycles. The topological polar surface area (TPSA) is 41.6 Å². The van der Waals surface area contributed by atoms with Gasteiger partial charge in [0.05, 0.1) is 12.7 Å². The monoisotopic (exact) mass is 334 g/mol. The molecule has 0 aromatic carbocycles. The van der Waals surface area contributed by atoms with Crippen molar-refractivity contribution < 1.29 is 9.53 Å². The van der Waals surface area contributed by atoms with Crippen LogP contribution in [-0.2, 0) is 9.53 Å². The average molecular weight is 335 g/mol. The molecule has 136 valence electrons. The van der Waals surface area contributed by atoms with Crippen LogP contribution in [0.3, 0.4) is 0 Å². The van der Waals surface area contributed by atoms with Gasteiger partial charge < -0.3 is 10.1 Å². The lowest BCUT2D eigenvalue weighted by atomic mass is 9.49. The molecule has 0 radical (unpaired) electrons. The number of nitrogens with zero attached hydrogens (tertiary/aromatic N) is 1. The standard InChI is InChI=1S/C20H34N2O2/c1-14(2)12-22-3-4-24-18(13-22)11-21-19(23)20-8-15-5-16(9-20)7-17(6-15)10-20/h14-18H,3-13H2,1-2H3,(H,21,23)/t15?,16?,17?,18-,20?/m1/s1. The zero-order chi connectivity index (χ0) is 16.7. The van der Waals surface area contributed by atoms with Crippen LogP contribution in [0.25, 0.3) is 0 Å². The van der Waals surface area contributed by atoms with Crippen molar-refractivity contribution in [3.8, 4) is 0 Å². The molecule has 0 spiro atoms. The number of hydrogen-bond acceptors (Lipinski definition) is 3. The summed E-state index contributed by atoms with van der Waals surface area (Å²) in [6.07, 6.45) is 7.78. The lowest BCUT2D eigenvalue weighted by molar-refractivity contribution is -0.147. The molecule has 24 heavy (non-hydrogen) atoms. The Hall–Kier alpha value is -0.610. The van der Waals surface area contributed by atoms with E-state index in [0.29, 0.717) is 18.4 Å². The molecule has 4 heteroatoms. The maximum absolute atomic E-state index is 13.0. The van der Waals surface area contributed by atoms with Crippen molar-refractivity contribution in [2.75, 3.05) is 32.8 Å². The summed E-state index contributed by atoms with van der Waals surface area (Å²) >= 11 is 0. The van der Waals surface area contributed by atoms with Crippen LogP contribution in [0.1, 0.15) is 52.4 Å². The van der Waals surface area contributed by atoms with Crippen LogP contribution >= 0.6 is 0 Å². The van der Waals surface area contributed by atoms with Gasteiger partial charge in [-0.1, -0.05) is 13.8 Å². The minimum absolute atomic E-state index is 0.0267. The molecule has 5 aliphatic rings. The first kappa shape index (κ1) is 16.8. The fourth-order valence-corrected chi connectivity index (χ4v) is 6.37. The maximum atomic E-state index is 13.0. The molecule has 4 aliphatic carbocycles. The number of morpholine rings is 1. The SMILES string of the molecule is CC(C)CN1CCO[C@H](CNC(=O)C23CC4CC(CC(C4)C2)C3)C1. The van der Waals surface area contributed by atoms with E-state index in [0.717, 1.165) is 63.3 Å². The van der Waals surface area contributed by atoms with Crippen LogP contribution in [0.15, 0.2) is 0 Å². The molecule has 5 rings (SSSR count). The molecule has 0 unspecified atom stereocenters. The predicted molar refractivity (Wildman–Crippen MR) is 94.6 cm³/mol. The van der Waals surface area contributed by atoms with Gasteiger partial charge in [0.2, 0.25) is 5.91 Å². The van der Waals surface area contributed by atoms with Crippen LogP contribution < -0.4 is 5.32 Å². The smallest absolute Gasteiger partial charge is 0.226 e. The fraction of sp³-hybridized carbons (Fsp3) is 0.950. The van der Waals surface area contributed by atoms with Crippen LogP contribution in [0.4, 0.5) is 0 Å². The van der Waals surface area contributed by atoms with Crippen molar-refractivity contribution in [3.05, 3.63) is 0 Å². The Morgan fingerprint density at radius 3 is 2.38 bits per heavy atom. The number of carbonyl (C=O) groups excluding carboxylic acids is 1. The van der Waals surface area contributed by atoms with Crippen molar-refractivity contribution in [2.24, 2.45) is 29.1 Å². The molecule has 4 nitrogen and oxygen atoms in total. The third-order valence-corrected chi connectivity index (χ3v) is 6.86. The lowest BCUT2D eigenvalue weighted by Gasteiger charge is -2.55. The molecular weight excluding hydrogens is 300 g/mol. The predicted octanol–water partition coefficient (Wildman–Crippen LogP) is 2.68. The van der Waals surface area contributed by atoms with Crippen LogP contribution in [0.2, 0.25) is 0 Å². The minimum Gasteiger partial charge on any atom is -0.374 e. The Kier molecular flexibility index (Phi) is 4.63. The van der Waals surface area contributed by atoms with Gasteiger partial charge in [-0.25, -0.2) is 0 Å². The maximum Gasteiger partial charge on any atom is 0.226 e. The van der Waals surface area contributed by atoms with E-state index in [4.69, 9.17) is 4.74 Å². The van der Waals surface area contributed by atoms with Gasteiger partial charge in [-0.3, -0.25) is 9.69 Å². The molecule has 1 saturated heterocycles. The van der Waals surface area contributed by atoms with E-state index >= 15 is 0 Å². The number of amides is 1. The first-order valence-electron chi connectivity index (χ1n) is 10.1. The molecular formula is C20H34N2O2. The molecule has 0 aromatic heterocycles. The molecule has 1 atom stereocenters. The number of carbonyl (C=O) groups is 1. The number of hydrogen-bond donors (Lipinski definition) is 1. The van der Waals surface area contributed by atoms with Crippen molar-refractivity contribution in [3.63, 3.8) is 0 Å². The number of rotatable bonds is 5. The van der Waals surface area contributed by atoms with Crippen molar-refractivity contribution in [2.45, 2.75) is 58.5 Å². The summed E-state index contributed by atoms with van der Waals surface area (Å²) in [4.78, 5) is 15.5. The summed E-state index contributed by atoms with van der Waals surface area (Å²) in [5.41, 5.74) is -0.0267. The van der Waals surface area contributed by atoms with Gasteiger partial charge in [0.15, 0.2) is 0 Å². The minimum atomic E-state index is -0.0267. The zero-order valence-corrected chi connectivity index (χ0v) is 15.4. The second-order valence-electron chi connectivity index (χ2n) is 9.55. The summed E-state index contributed by atoms with van der Waals surface area (Å²) in [7, 11) is 0. The normalized spacial score (nSPS) is 41.8. The first-order valence-corrected chi connectivity index (χ1v) is 10.1. The van der Waals surface area contributed by atoms with E-state index in [1.54, 1.807) is 0 Å². The van der Waals surface area contributed by atoms with Crippen LogP contribution in [0.5, 0.6) is 0 Å². The largest absolute Gasteiger partial charge is 0.374 e. The lowest BCUT2D eigenvalue weighted by Crippen LogP contribution is -2.55. The molecule has 1 amide bonds. The zero-order valence-electron chi connectivity index (χ0n) is 15.4. The second-order valence-corrected chi connectivity index (χ2v) is 9.55. The van der Waals surface area contributed by atoms with Crippen molar-refractivity contribution >= 4 is 5.91 Å². The Morgan fingerprint density at radius 1 is 1.17 bits per heavy atom. The summed E-state index contributed by atoms with van der Waals surface area (Å²) in [5, 5.41) is 3.29. The van der Waals surface area contributed by atoms with Crippen LogP contribution in [0, 0.1) is 29.1 Å². The van der Waals surface area contributed by atoms with E-state index < -0.39 is 0 Å². The van der Waals surface area contributed by atoms with Gasteiger partial charge in [-0.15, -0.1) is 0 Å². The number of nitrogens with one attached hydrogen (secondary N) is 1. The Morgan fingerprint density at radius 2 is 1.79 bits per heavy atom. The van der Waals surface area contributed by atoms with Crippen molar-refractivity contribution in [1.29, 1.82) is 0 Å². The molecule has 0 aromatic rings. The fourth-order valence-electron chi connectivity index (χ4n) is 6.37. The van der Waals surface area contributed by atoms with Gasteiger partial charge in [-0.05, 0) is 62.2 Å². The van der Waals surface area contributed by atoms with Gasteiger partial charge in [0.25, 0.3) is 0 Å². The van der Waals surface area contributed by atoms with Gasteiger partial charge in [0, 0.05) is 31.6 Å². The second kappa shape index (κ2) is 6.60. The van der Waals surface area contributed by atoms with E-state index in [1.165, 1.54) is 19.3 Å². The molecule has 1 N–H and O–H groups in total. The highest BCUT2D eigenvalue weighted by molar-refractivity contribution is 5.83. The molecule has 4 bridgehead atoms. The highest BCUT2D eigenvalue weighted by Gasteiger charge is 2.54. The summed E-state index contributed by atoms with van der Waals surface area (Å²) in [6.45, 7) is 9.12. The third-order valence-electron chi connectivity index (χ3n) is 6.86. The average Bonchev–Trinajstić information content (AvgIpc) is 2.51. The third kappa shape index (κ3) is 3.37. The van der Waals surface area contributed by atoms with Gasteiger partial charge in [-0.2, -0.15) is 0 Å². The highest BCUT2D eigenvalue weighted by atomic mass is 16.5. The Labute approximate surface area is 146 Å². The molecule has 1 heterocycles. The summed E-state index contributed by atoms with van der Waals surface area (Å²) in [5.74, 6) is 3.51. The quantitative estimate of drug-likeness (QED) is 0.840. The number of ether oxygens (including phenoxy) is 1. The van der Waals surface area contributed by atoms with E-state index in [1.807, 2.05) is 0 Å². The van der Waals surface area contributed by atoms with Crippen molar-refractivity contribution in [1.82, 2.24) is 10.2 Å². The van der Waals surface area contributed by atoms with E-state index in [9.17, 15) is 4.79 Å². The summed E-state index contributed by atoms with van der Waals surface area (Å²) < 4.78 is 5.90. The molecule has 5 fully saturated rings. The Balaban J connectivity index is 1.30. The van der Waals surface area contributed by atoms with Gasteiger partial charge >= 0.3 is 0 Å².